The zero-order chi connectivity index (χ0) is 4.41. The van der Waals surface area contributed by atoms with Gasteiger partial charge in [-0.15, -0.1) is 0 Å². The van der Waals surface area contributed by atoms with Crippen LogP contribution in [0.1, 0.15) is 12.8 Å². The number of nitrogens with one attached hydrogen (secondary N) is 1. The van der Waals surface area contributed by atoms with E-state index in [0.29, 0.717) is 5.67 Å². The summed E-state index contributed by atoms with van der Waals surface area (Å²) in [7, 11) is 2.76. The van der Waals surface area contributed by atoms with Crippen LogP contribution in [0.15, 0.2) is 0 Å². The molecule has 1 saturated heterocycles. The third-order valence-corrected chi connectivity index (χ3v) is 1.67. The molecule has 2 heteroatoms. The van der Waals surface area contributed by atoms with Gasteiger partial charge in [0.25, 0.3) is 0 Å². The fraction of sp³-hybridized carbons (Fsp3) is 1.00. The largest absolute Gasteiger partial charge is 0.317 e. The molecule has 1 aliphatic heterocycles. The van der Waals surface area contributed by atoms with E-state index in [1.54, 1.807) is 0 Å². The fourth-order valence-corrected chi connectivity index (χ4v) is 1.11. The minimum absolute atomic E-state index is 0.713. The lowest BCUT2D eigenvalue weighted by Crippen LogP contribution is -2.20. The molecule has 0 aromatic carbocycles. The van der Waals surface area contributed by atoms with Crippen molar-refractivity contribution in [2.75, 3.05) is 6.54 Å². The van der Waals surface area contributed by atoms with E-state index in [4.69, 9.17) is 0 Å². The van der Waals surface area contributed by atoms with Crippen molar-refractivity contribution < 1.29 is 0 Å². The molecule has 0 aromatic heterocycles. The summed E-state index contributed by atoms with van der Waals surface area (Å²) >= 11 is 0. The minimum atomic E-state index is 0.713. The lowest BCUT2D eigenvalue weighted by Gasteiger charge is -1.94. The van der Waals surface area contributed by atoms with E-state index in [1.807, 2.05) is 0 Å². The summed E-state index contributed by atoms with van der Waals surface area (Å²) in [5.41, 5.74) is 0.713. The predicted octanol–water partition coefficient (Wildman–Crippen LogP) is -0.403. The van der Waals surface area contributed by atoms with Crippen molar-refractivity contribution >= 4 is 10.2 Å². The van der Waals surface area contributed by atoms with E-state index < -0.39 is 0 Å². The molecule has 1 aliphatic rings. The normalized spacial score (nSPS) is 34.5. The van der Waals surface area contributed by atoms with Gasteiger partial charge in [-0.25, -0.2) is 0 Å². The summed E-state index contributed by atoms with van der Waals surface area (Å²) in [4.78, 5) is 0. The van der Waals surface area contributed by atoms with Crippen LogP contribution < -0.4 is 5.32 Å². The second-order valence-corrected chi connectivity index (χ2v) is 2.51. The molecule has 0 amide bonds. The predicted molar refractivity (Wildman–Crippen MR) is 28.2 cm³/mol. The van der Waals surface area contributed by atoms with E-state index in [-0.39, 0.29) is 0 Å². The smallest absolute Gasteiger partial charge is 0.0384 e. The summed E-state index contributed by atoms with van der Waals surface area (Å²) < 4.78 is 0. The SMILES string of the molecule is [SiH]C1CCCN1. The van der Waals surface area contributed by atoms with Gasteiger partial charge in [0.2, 0.25) is 0 Å². The van der Waals surface area contributed by atoms with Crippen molar-refractivity contribution in [3.63, 3.8) is 0 Å². The second kappa shape index (κ2) is 1.75. The van der Waals surface area contributed by atoms with Gasteiger partial charge in [0.15, 0.2) is 0 Å². The zero-order valence-electron chi connectivity index (χ0n) is 3.78. The van der Waals surface area contributed by atoms with Gasteiger partial charge in [0, 0.05) is 10.2 Å². The second-order valence-electron chi connectivity index (χ2n) is 1.70. The van der Waals surface area contributed by atoms with Gasteiger partial charge in [-0.1, -0.05) is 0 Å². The summed E-state index contributed by atoms with van der Waals surface area (Å²) in [6, 6.07) is 0. The first-order valence-electron chi connectivity index (χ1n) is 2.38. The summed E-state index contributed by atoms with van der Waals surface area (Å²) in [5.74, 6) is 0. The molecule has 2 radical (unpaired) electrons. The molecule has 1 atom stereocenters. The Bertz CT molecular complexity index is 40.8. The fourth-order valence-electron chi connectivity index (χ4n) is 0.711. The molecule has 1 fully saturated rings. The van der Waals surface area contributed by atoms with Crippen LogP contribution in [0, 0.1) is 0 Å². The van der Waals surface area contributed by atoms with Gasteiger partial charge in [0.1, 0.15) is 0 Å². The maximum Gasteiger partial charge on any atom is 0.0384 e. The Morgan fingerprint density at radius 3 is 2.67 bits per heavy atom. The Balaban J connectivity index is 2.18. The average Bonchev–Trinajstić information content (AvgIpc) is 1.86. The maximum absolute atomic E-state index is 3.28. The van der Waals surface area contributed by atoms with Crippen molar-refractivity contribution in [1.29, 1.82) is 0 Å². The van der Waals surface area contributed by atoms with E-state index in [2.05, 4.69) is 15.6 Å². The molecule has 0 aliphatic carbocycles. The monoisotopic (exact) mass is 99.1 g/mol. The first kappa shape index (κ1) is 4.34. The van der Waals surface area contributed by atoms with Gasteiger partial charge in [0.05, 0.1) is 0 Å². The zero-order valence-corrected chi connectivity index (χ0v) is 4.93. The first-order valence-corrected chi connectivity index (χ1v) is 3.05. The van der Waals surface area contributed by atoms with Crippen molar-refractivity contribution in [2.24, 2.45) is 0 Å². The Hall–Kier alpha value is 0.177. The van der Waals surface area contributed by atoms with E-state index in [0.717, 1.165) is 0 Å². The van der Waals surface area contributed by atoms with Gasteiger partial charge in [-0.3, -0.25) is 0 Å². The Morgan fingerprint density at radius 2 is 2.50 bits per heavy atom. The van der Waals surface area contributed by atoms with Crippen LogP contribution in [0.2, 0.25) is 0 Å². The van der Waals surface area contributed by atoms with Crippen molar-refractivity contribution in [3.05, 3.63) is 0 Å². The standard InChI is InChI=1S/C4H9NSi/c6-4-2-1-3-5-4/h4-6H,1-3H2. The molecule has 6 heavy (non-hydrogen) atoms. The molecular formula is C4H9NSi. The number of rotatable bonds is 0. The van der Waals surface area contributed by atoms with Crippen LogP contribution in [-0.2, 0) is 0 Å². The molecule has 1 N–H and O–H groups in total. The van der Waals surface area contributed by atoms with Gasteiger partial charge in [-0.05, 0) is 25.1 Å². The Kier molecular flexibility index (Phi) is 1.27. The topological polar surface area (TPSA) is 12.0 Å². The van der Waals surface area contributed by atoms with Crippen LogP contribution in [0.3, 0.4) is 0 Å². The highest BCUT2D eigenvalue weighted by atomic mass is 28.1. The van der Waals surface area contributed by atoms with Crippen LogP contribution in [0.5, 0.6) is 0 Å². The van der Waals surface area contributed by atoms with Crippen molar-refractivity contribution in [1.82, 2.24) is 5.32 Å². The molecule has 34 valence electrons. The number of hydrogen-bond donors (Lipinski definition) is 1. The molecule has 0 aromatic rings. The summed E-state index contributed by atoms with van der Waals surface area (Å²) in [6.45, 7) is 1.22. The van der Waals surface area contributed by atoms with Gasteiger partial charge in [-0.2, -0.15) is 0 Å². The van der Waals surface area contributed by atoms with Crippen LogP contribution in [0.25, 0.3) is 0 Å². The molecule has 0 saturated carbocycles. The molecule has 0 spiro atoms. The van der Waals surface area contributed by atoms with Crippen LogP contribution in [-0.4, -0.2) is 22.5 Å². The van der Waals surface area contributed by atoms with Gasteiger partial charge >= 0.3 is 0 Å². The van der Waals surface area contributed by atoms with Crippen LogP contribution >= 0.6 is 0 Å². The van der Waals surface area contributed by atoms with Crippen molar-refractivity contribution in [3.8, 4) is 0 Å². The maximum atomic E-state index is 3.28. The number of hydrogen-bond acceptors (Lipinski definition) is 1. The highest BCUT2D eigenvalue weighted by molar-refractivity contribution is 6.11. The van der Waals surface area contributed by atoms with Crippen molar-refractivity contribution in [2.45, 2.75) is 18.5 Å². The lowest BCUT2D eigenvalue weighted by atomic mass is 10.4. The van der Waals surface area contributed by atoms with E-state index >= 15 is 0 Å². The molecule has 0 bridgehead atoms. The lowest BCUT2D eigenvalue weighted by molar-refractivity contribution is 0.794. The highest BCUT2D eigenvalue weighted by Gasteiger charge is 2.05. The minimum Gasteiger partial charge on any atom is -0.317 e. The van der Waals surface area contributed by atoms with Crippen LogP contribution in [0.4, 0.5) is 0 Å². The highest BCUT2D eigenvalue weighted by Crippen LogP contribution is 1.98. The van der Waals surface area contributed by atoms with E-state index in [1.165, 1.54) is 19.4 Å². The summed E-state index contributed by atoms with van der Waals surface area (Å²) in [6.07, 6.45) is 2.69. The first-order chi connectivity index (χ1) is 2.89. The third kappa shape index (κ3) is 0.818. The molecule has 1 heterocycles. The molecule has 1 nitrogen and oxygen atoms in total. The van der Waals surface area contributed by atoms with E-state index in [9.17, 15) is 0 Å². The molecule has 1 rings (SSSR count). The molecular weight excluding hydrogens is 90.1 g/mol. The Labute approximate surface area is 41.5 Å². The summed E-state index contributed by atoms with van der Waals surface area (Å²) in [5, 5.41) is 3.28. The molecule has 1 unspecified atom stereocenters. The van der Waals surface area contributed by atoms with Gasteiger partial charge < -0.3 is 5.32 Å². The Morgan fingerprint density at radius 1 is 1.67 bits per heavy atom. The third-order valence-electron chi connectivity index (χ3n) is 1.10. The quantitative estimate of drug-likeness (QED) is 0.407. The average molecular weight is 99.2 g/mol.